The lowest BCUT2D eigenvalue weighted by Crippen LogP contribution is -2.46. The van der Waals surface area contributed by atoms with E-state index in [1.807, 2.05) is 37.3 Å². The first-order valence-corrected chi connectivity index (χ1v) is 9.42. The zero-order valence-corrected chi connectivity index (χ0v) is 14.2. The van der Waals surface area contributed by atoms with E-state index >= 15 is 0 Å². The van der Waals surface area contributed by atoms with Crippen LogP contribution in [-0.2, 0) is 14.8 Å². The van der Waals surface area contributed by atoms with Crippen LogP contribution in [0.1, 0.15) is 31.4 Å². The van der Waals surface area contributed by atoms with Crippen molar-refractivity contribution in [1.82, 2.24) is 9.21 Å². The fraction of sp³-hybridized carbons (Fsp3) is 0.562. The van der Waals surface area contributed by atoms with Gasteiger partial charge in [0.1, 0.15) is 0 Å². The van der Waals surface area contributed by atoms with Gasteiger partial charge in [-0.2, -0.15) is 0 Å². The van der Waals surface area contributed by atoms with E-state index in [4.69, 9.17) is 0 Å². The van der Waals surface area contributed by atoms with E-state index < -0.39 is 10.0 Å². The molecule has 0 aliphatic carbocycles. The molecular weight excluding hydrogens is 300 g/mol. The Labute approximate surface area is 133 Å². The third kappa shape index (κ3) is 3.87. The molecule has 0 aromatic heterocycles. The summed E-state index contributed by atoms with van der Waals surface area (Å²) < 4.78 is 24.8. The summed E-state index contributed by atoms with van der Waals surface area (Å²) in [4.78, 5) is 14.4. The van der Waals surface area contributed by atoms with Gasteiger partial charge >= 0.3 is 0 Å². The summed E-state index contributed by atoms with van der Waals surface area (Å²) in [5, 5.41) is 0. The van der Waals surface area contributed by atoms with Crippen LogP contribution in [0, 0.1) is 5.92 Å². The topological polar surface area (TPSA) is 57.7 Å². The summed E-state index contributed by atoms with van der Waals surface area (Å²) in [6.07, 6.45) is 2.68. The molecule has 1 aliphatic rings. The maximum absolute atomic E-state index is 12.7. The number of hydrogen-bond donors (Lipinski definition) is 0. The second-order valence-corrected chi connectivity index (χ2v) is 7.98. The monoisotopic (exact) mass is 324 g/mol. The highest BCUT2D eigenvalue weighted by molar-refractivity contribution is 7.88. The van der Waals surface area contributed by atoms with Crippen LogP contribution in [0.4, 0.5) is 0 Å². The largest absolute Gasteiger partial charge is 0.339 e. The molecule has 1 aromatic carbocycles. The lowest BCUT2D eigenvalue weighted by Gasteiger charge is -2.34. The first-order valence-electron chi connectivity index (χ1n) is 7.57. The Bertz CT molecular complexity index is 616. The molecule has 122 valence electrons. The molecule has 5 nitrogen and oxygen atoms in total. The first kappa shape index (κ1) is 17.0. The average molecular weight is 324 g/mol. The molecule has 0 radical (unpaired) electrons. The van der Waals surface area contributed by atoms with Gasteiger partial charge in [0.25, 0.3) is 0 Å². The van der Waals surface area contributed by atoms with Crippen molar-refractivity contribution in [1.29, 1.82) is 0 Å². The minimum absolute atomic E-state index is 0.0182. The van der Waals surface area contributed by atoms with E-state index in [0.717, 1.165) is 18.4 Å². The number of carbonyl (C=O) groups excluding carboxylic acids is 1. The maximum atomic E-state index is 12.7. The van der Waals surface area contributed by atoms with E-state index in [-0.39, 0.29) is 17.9 Å². The second-order valence-electron chi connectivity index (χ2n) is 6.00. The molecule has 1 aliphatic heterocycles. The van der Waals surface area contributed by atoms with Gasteiger partial charge in [0.05, 0.1) is 18.2 Å². The van der Waals surface area contributed by atoms with Crippen LogP contribution in [0.15, 0.2) is 30.3 Å². The van der Waals surface area contributed by atoms with Gasteiger partial charge in [0.2, 0.25) is 15.9 Å². The van der Waals surface area contributed by atoms with Gasteiger partial charge in [-0.15, -0.1) is 0 Å². The molecule has 1 aromatic rings. The van der Waals surface area contributed by atoms with Crippen LogP contribution in [0.3, 0.4) is 0 Å². The molecule has 0 spiro atoms. The average Bonchev–Trinajstić information content (AvgIpc) is 2.53. The summed E-state index contributed by atoms with van der Waals surface area (Å²) >= 11 is 0. The van der Waals surface area contributed by atoms with Gasteiger partial charge in [0.15, 0.2) is 0 Å². The Hall–Kier alpha value is -1.40. The van der Waals surface area contributed by atoms with Gasteiger partial charge in [-0.25, -0.2) is 12.7 Å². The summed E-state index contributed by atoms with van der Waals surface area (Å²) in [5.41, 5.74) is 1.08. The number of rotatable bonds is 4. The minimum atomic E-state index is -3.23. The Morgan fingerprint density at radius 2 is 1.95 bits per heavy atom. The molecule has 6 heteroatoms. The molecule has 0 bridgehead atoms. The molecule has 0 N–H and O–H groups in total. The van der Waals surface area contributed by atoms with Crippen molar-refractivity contribution in [2.24, 2.45) is 5.92 Å². The van der Waals surface area contributed by atoms with Crippen molar-refractivity contribution >= 4 is 15.9 Å². The van der Waals surface area contributed by atoms with Crippen LogP contribution in [0.25, 0.3) is 0 Å². The molecule has 0 unspecified atom stereocenters. The van der Waals surface area contributed by atoms with Crippen LogP contribution in [0.5, 0.6) is 0 Å². The predicted molar refractivity (Wildman–Crippen MR) is 86.8 cm³/mol. The lowest BCUT2D eigenvalue weighted by molar-refractivity contribution is -0.137. The van der Waals surface area contributed by atoms with E-state index in [0.29, 0.717) is 13.1 Å². The molecule has 22 heavy (non-hydrogen) atoms. The normalized spacial score (nSPS) is 21.3. The van der Waals surface area contributed by atoms with Crippen molar-refractivity contribution < 1.29 is 13.2 Å². The molecule has 1 heterocycles. The molecule has 0 saturated carbocycles. The van der Waals surface area contributed by atoms with Gasteiger partial charge in [-0.05, 0) is 25.3 Å². The highest BCUT2D eigenvalue weighted by atomic mass is 32.2. The van der Waals surface area contributed by atoms with Crippen molar-refractivity contribution in [2.45, 2.75) is 25.8 Å². The molecule has 1 saturated heterocycles. The fourth-order valence-electron chi connectivity index (χ4n) is 2.88. The number of nitrogens with zero attached hydrogens (tertiary/aromatic N) is 2. The second kappa shape index (κ2) is 6.79. The quantitative estimate of drug-likeness (QED) is 0.850. The highest BCUT2D eigenvalue weighted by Gasteiger charge is 2.32. The van der Waals surface area contributed by atoms with E-state index in [1.54, 1.807) is 11.9 Å². The maximum Gasteiger partial charge on any atom is 0.227 e. The summed E-state index contributed by atoms with van der Waals surface area (Å²) in [5.74, 6) is -0.232. The standard InChI is InChI=1S/C16H24N2O3S/c1-13(14-8-5-4-6-9-14)17(2)16(19)15-10-7-11-18(12-15)22(3,20)21/h4-6,8-9,13,15H,7,10-12H2,1-3H3/t13-,15-/m1/s1. The molecule has 1 amide bonds. The number of hydrogen-bond acceptors (Lipinski definition) is 3. The SMILES string of the molecule is C[C@H](c1ccccc1)N(C)C(=O)[C@@H]1CCCN(S(C)(=O)=O)C1. The fourth-order valence-corrected chi connectivity index (χ4v) is 3.79. The number of amides is 1. The predicted octanol–water partition coefficient (Wildman–Crippen LogP) is 1.88. The van der Waals surface area contributed by atoms with Crippen LogP contribution in [0.2, 0.25) is 0 Å². The van der Waals surface area contributed by atoms with Crippen molar-refractivity contribution in [2.75, 3.05) is 26.4 Å². The first-order chi connectivity index (χ1) is 10.3. The molecule has 2 rings (SSSR count). The number of piperidine rings is 1. The van der Waals surface area contributed by atoms with Crippen molar-refractivity contribution in [3.05, 3.63) is 35.9 Å². The van der Waals surface area contributed by atoms with Crippen LogP contribution >= 0.6 is 0 Å². The van der Waals surface area contributed by atoms with E-state index in [1.165, 1.54) is 10.6 Å². The Morgan fingerprint density at radius 3 is 2.55 bits per heavy atom. The molecular formula is C16H24N2O3S. The zero-order chi connectivity index (χ0) is 16.3. The zero-order valence-electron chi connectivity index (χ0n) is 13.4. The van der Waals surface area contributed by atoms with Crippen LogP contribution < -0.4 is 0 Å². The van der Waals surface area contributed by atoms with Crippen LogP contribution in [-0.4, -0.2) is 49.9 Å². The van der Waals surface area contributed by atoms with Crippen molar-refractivity contribution in [3.63, 3.8) is 0 Å². The Balaban J connectivity index is 2.07. The van der Waals surface area contributed by atoms with E-state index in [2.05, 4.69) is 0 Å². The summed E-state index contributed by atoms with van der Waals surface area (Å²) in [6.45, 7) is 2.80. The summed E-state index contributed by atoms with van der Waals surface area (Å²) in [7, 11) is -1.44. The minimum Gasteiger partial charge on any atom is -0.339 e. The number of sulfonamides is 1. The number of benzene rings is 1. The number of carbonyl (C=O) groups is 1. The third-order valence-electron chi connectivity index (χ3n) is 4.41. The molecule has 1 fully saturated rings. The van der Waals surface area contributed by atoms with Gasteiger partial charge in [-0.3, -0.25) is 4.79 Å². The van der Waals surface area contributed by atoms with Gasteiger partial charge in [0, 0.05) is 20.1 Å². The van der Waals surface area contributed by atoms with E-state index in [9.17, 15) is 13.2 Å². The molecule has 2 atom stereocenters. The van der Waals surface area contributed by atoms with Gasteiger partial charge in [-0.1, -0.05) is 30.3 Å². The summed E-state index contributed by atoms with van der Waals surface area (Å²) in [6, 6.07) is 9.83. The Morgan fingerprint density at radius 1 is 1.32 bits per heavy atom. The Kier molecular flexibility index (Phi) is 5.24. The van der Waals surface area contributed by atoms with Gasteiger partial charge < -0.3 is 4.90 Å². The smallest absolute Gasteiger partial charge is 0.227 e. The highest BCUT2D eigenvalue weighted by Crippen LogP contribution is 2.25. The third-order valence-corrected chi connectivity index (χ3v) is 5.68. The lowest BCUT2D eigenvalue weighted by atomic mass is 9.97. The van der Waals surface area contributed by atoms with Crippen molar-refractivity contribution in [3.8, 4) is 0 Å².